The molecule has 2 aromatic heterocycles. The van der Waals surface area contributed by atoms with E-state index in [-0.39, 0.29) is 5.82 Å². The summed E-state index contributed by atoms with van der Waals surface area (Å²) < 4.78 is 19.4. The van der Waals surface area contributed by atoms with Crippen LogP contribution in [0.25, 0.3) is 11.0 Å². The Morgan fingerprint density at radius 3 is 3.09 bits per heavy atom. The lowest BCUT2D eigenvalue weighted by molar-refractivity contribution is 0.325. The zero-order valence-electron chi connectivity index (χ0n) is 13.7. The van der Waals surface area contributed by atoms with Gasteiger partial charge in [0.25, 0.3) is 0 Å². The number of fused-ring (bicyclic) bond motifs is 1. The number of methoxy groups -OCH3 is 1. The van der Waals surface area contributed by atoms with Crippen LogP contribution in [0.2, 0.25) is 0 Å². The highest BCUT2D eigenvalue weighted by atomic mass is 19.1. The second kappa shape index (κ2) is 7.19. The number of hydrogen-bond donors (Lipinski definition) is 1. The maximum atomic E-state index is 14.3. The number of nitrogens with one attached hydrogen (secondary N) is 1. The molecule has 0 amide bonds. The van der Waals surface area contributed by atoms with Gasteiger partial charge in [-0.1, -0.05) is 0 Å². The zero-order valence-corrected chi connectivity index (χ0v) is 13.7. The second-order valence-corrected chi connectivity index (χ2v) is 6.07. The normalized spacial score (nSPS) is 18.7. The Hall–Kier alpha value is -1.79. The Labute approximate surface area is 135 Å². The van der Waals surface area contributed by atoms with Gasteiger partial charge in [-0.15, -0.1) is 0 Å². The molecule has 124 valence electrons. The fourth-order valence-electron chi connectivity index (χ4n) is 3.27. The van der Waals surface area contributed by atoms with Gasteiger partial charge < -0.3 is 15.0 Å². The number of halogens is 1. The summed E-state index contributed by atoms with van der Waals surface area (Å²) in [6, 6.07) is 3.57. The minimum Gasteiger partial charge on any atom is -0.481 e. The first kappa shape index (κ1) is 16.1. The molecule has 6 heteroatoms. The van der Waals surface area contributed by atoms with Gasteiger partial charge in [0.1, 0.15) is 5.82 Å². The van der Waals surface area contributed by atoms with Gasteiger partial charge in [0.15, 0.2) is 0 Å². The largest absolute Gasteiger partial charge is 0.481 e. The molecule has 3 rings (SSSR count). The lowest BCUT2D eigenvalue weighted by Crippen LogP contribution is -2.26. The minimum atomic E-state index is -0.288. The third-order valence-corrected chi connectivity index (χ3v) is 4.49. The number of rotatable bonds is 6. The smallest absolute Gasteiger partial charge is 0.213 e. The van der Waals surface area contributed by atoms with Crippen LogP contribution in [0.15, 0.2) is 18.3 Å². The van der Waals surface area contributed by atoms with Crippen molar-refractivity contribution in [1.29, 1.82) is 0 Å². The minimum absolute atomic E-state index is 0.288. The summed E-state index contributed by atoms with van der Waals surface area (Å²) in [5.41, 5.74) is 1.94. The van der Waals surface area contributed by atoms with Gasteiger partial charge in [0, 0.05) is 24.7 Å². The molecular formula is C17H23FN4O. The van der Waals surface area contributed by atoms with Gasteiger partial charge >= 0.3 is 0 Å². The molecule has 1 saturated heterocycles. The third kappa shape index (κ3) is 3.59. The molecule has 23 heavy (non-hydrogen) atoms. The Morgan fingerprint density at radius 2 is 2.30 bits per heavy atom. The van der Waals surface area contributed by atoms with E-state index in [0.717, 1.165) is 26.2 Å². The van der Waals surface area contributed by atoms with Crippen LogP contribution in [-0.4, -0.2) is 55.2 Å². The topological polar surface area (TPSA) is 50.3 Å². The molecule has 2 aromatic rings. The summed E-state index contributed by atoms with van der Waals surface area (Å²) in [6.07, 6.45) is 3.13. The highest BCUT2D eigenvalue weighted by Gasteiger charge is 2.22. The Kier molecular flexibility index (Phi) is 5.03. The molecule has 1 unspecified atom stereocenters. The van der Waals surface area contributed by atoms with Gasteiger partial charge in [-0.25, -0.2) is 9.37 Å². The van der Waals surface area contributed by atoms with Crippen LogP contribution < -0.4 is 10.1 Å². The van der Waals surface area contributed by atoms with Gasteiger partial charge in [-0.3, -0.25) is 4.98 Å². The van der Waals surface area contributed by atoms with Crippen LogP contribution >= 0.6 is 0 Å². The van der Waals surface area contributed by atoms with Crippen LogP contribution in [0.1, 0.15) is 12.0 Å². The third-order valence-electron chi connectivity index (χ3n) is 4.49. The van der Waals surface area contributed by atoms with E-state index in [4.69, 9.17) is 4.74 Å². The lowest BCUT2D eigenvalue weighted by atomic mass is 10.1. The maximum absolute atomic E-state index is 14.3. The van der Waals surface area contributed by atoms with E-state index >= 15 is 0 Å². The predicted molar refractivity (Wildman–Crippen MR) is 88.2 cm³/mol. The van der Waals surface area contributed by atoms with E-state index in [1.54, 1.807) is 13.2 Å². The summed E-state index contributed by atoms with van der Waals surface area (Å²) in [5, 5.41) is 3.23. The Morgan fingerprint density at radius 1 is 1.43 bits per heavy atom. The summed E-state index contributed by atoms with van der Waals surface area (Å²) in [5.74, 6) is 0.892. The summed E-state index contributed by atoms with van der Waals surface area (Å²) in [6.45, 7) is 4.03. The van der Waals surface area contributed by atoms with E-state index < -0.39 is 0 Å². The first-order valence-corrected chi connectivity index (χ1v) is 8.06. The molecule has 5 nitrogen and oxygen atoms in total. The molecular weight excluding hydrogens is 295 g/mol. The number of pyridine rings is 2. The highest BCUT2D eigenvalue weighted by Crippen LogP contribution is 2.22. The summed E-state index contributed by atoms with van der Waals surface area (Å²) >= 11 is 0. The van der Waals surface area contributed by atoms with Gasteiger partial charge in [-0.05, 0) is 45.0 Å². The van der Waals surface area contributed by atoms with Crippen LogP contribution in [0.3, 0.4) is 0 Å². The van der Waals surface area contributed by atoms with Crippen molar-refractivity contribution in [1.82, 2.24) is 20.2 Å². The van der Waals surface area contributed by atoms with Crippen LogP contribution in [0, 0.1) is 11.7 Å². The quantitative estimate of drug-likeness (QED) is 0.881. The monoisotopic (exact) mass is 318 g/mol. The predicted octanol–water partition coefficient (Wildman–Crippen LogP) is 1.86. The van der Waals surface area contributed by atoms with E-state index in [2.05, 4.69) is 20.2 Å². The highest BCUT2D eigenvalue weighted by molar-refractivity contribution is 5.78. The zero-order chi connectivity index (χ0) is 16.2. The first-order valence-electron chi connectivity index (χ1n) is 8.06. The maximum Gasteiger partial charge on any atom is 0.213 e. The molecule has 3 heterocycles. The molecule has 0 spiro atoms. The lowest BCUT2D eigenvalue weighted by Gasteiger charge is -2.16. The van der Waals surface area contributed by atoms with Crippen molar-refractivity contribution in [3.05, 3.63) is 29.7 Å². The molecule has 0 aliphatic carbocycles. The van der Waals surface area contributed by atoms with Crippen molar-refractivity contribution in [2.45, 2.75) is 12.8 Å². The van der Waals surface area contributed by atoms with Crippen molar-refractivity contribution >= 4 is 11.0 Å². The van der Waals surface area contributed by atoms with Crippen molar-refractivity contribution in [3.8, 4) is 5.88 Å². The molecule has 1 atom stereocenters. The molecule has 0 saturated carbocycles. The number of hydrogen-bond acceptors (Lipinski definition) is 5. The van der Waals surface area contributed by atoms with E-state index in [0.29, 0.717) is 34.8 Å². The Balaban J connectivity index is 1.75. The first-order chi connectivity index (χ1) is 11.2. The molecule has 1 aliphatic rings. The van der Waals surface area contributed by atoms with Gasteiger partial charge in [0.05, 0.1) is 24.3 Å². The average molecular weight is 318 g/mol. The average Bonchev–Trinajstić information content (AvgIpc) is 3.01. The second-order valence-electron chi connectivity index (χ2n) is 6.07. The number of nitrogens with zero attached hydrogens (tertiary/aromatic N) is 3. The van der Waals surface area contributed by atoms with Crippen molar-refractivity contribution < 1.29 is 9.13 Å². The summed E-state index contributed by atoms with van der Waals surface area (Å²) in [7, 11) is 3.55. The Bertz CT molecular complexity index is 679. The molecule has 0 radical (unpaired) electrons. The SMILES string of the molecule is CNCC1CCN(CCc2c(F)cnc3ccc(OC)nc23)C1. The van der Waals surface area contributed by atoms with E-state index in [1.807, 2.05) is 13.1 Å². The fraction of sp³-hybridized carbons (Fsp3) is 0.529. The van der Waals surface area contributed by atoms with Crippen molar-refractivity contribution in [3.63, 3.8) is 0 Å². The molecule has 1 fully saturated rings. The molecule has 1 N–H and O–H groups in total. The molecule has 0 bridgehead atoms. The van der Waals surface area contributed by atoms with E-state index in [1.165, 1.54) is 12.6 Å². The summed E-state index contributed by atoms with van der Waals surface area (Å²) in [4.78, 5) is 10.9. The fourth-order valence-corrected chi connectivity index (χ4v) is 3.27. The van der Waals surface area contributed by atoms with Gasteiger partial charge in [-0.2, -0.15) is 0 Å². The van der Waals surface area contributed by atoms with E-state index in [9.17, 15) is 4.39 Å². The molecule has 1 aliphatic heterocycles. The number of likely N-dealkylation sites (tertiary alicyclic amines) is 1. The standard InChI is InChI=1S/C17H23FN4O/c1-19-9-12-5-7-22(11-12)8-6-13-14(18)10-20-15-3-4-16(23-2)21-17(13)15/h3-4,10,12,19H,5-9,11H2,1-2H3. The van der Waals surface area contributed by atoms with Crippen LogP contribution in [-0.2, 0) is 6.42 Å². The van der Waals surface area contributed by atoms with Crippen molar-refractivity contribution in [2.75, 3.05) is 40.3 Å². The number of aromatic nitrogens is 2. The van der Waals surface area contributed by atoms with Crippen molar-refractivity contribution in [2.24, 2.45) is 5.92 Å². The number of ether oxygens (including phenoxy) is 1. The van der Waals surface area contributed by atoms with Crippen LogP contribution in [0.5, 0.6) is 5.88 Å². The van der Waals surface area contributed by atoms with Gasteiger partial charge in [0.2, 0.25) is 5.88 Å². The van der Waals surface area contributed by atoms with Crippen LogP contribution in [0.4, 0.5) is 4.39 Å². The molecule has 0 aromatic carbocycles.